The van der Waals surface area contributed by atoms with Crippen molar-refractivity contribution < 1.29 is 4.74 Å². The van der Waals surface area contributed by atoms with Crippen LogP contribution in [0.5, 0.6) is 11.6 Å². The SMILES string of the molecule is CNc1ncc(C)c(Oc2cc(Cl)ccc2Cl)n1. The van der Waals surface area contributed by atoms with Gasteiger partial charge in [0.1, 0.15) is 5.75 Å². The van der Waals surface area contributed by atoms with Crippen LogP contribution in [0.2, 0.25) is 10.0 Å². The monoisotopic (exact) mass is 283 g/mol. The minimum Gasteiger partial charge on any atom is -0.437 e. The molecule has 0 aliphatic heterocycles. The molecule has 18 heavy (non-hydrogen) atoms. The highest BCUT2D eigenvalue weighted by atomic mass is 35.5. The third-order valence-corrected chi connectivity index (χ3v) is 2.80. The first-order valence-corrected chi connectivity index (χ1v) is 6.00. The van der Waals surface area contributed by atoms with Gasteiger partial charge in [-0.15, -0.1) is 0 Å². The lowest BCUT2D eigenvalue weighted by atomic mass is 10.3. The minimum atomic E-state index is 0.443. The first kappa shape index (κ1) is 12.9. The molecule has 0 spiro atoms. The Bertz CT molecular complexity index is 575. The second-order valence-corrected chi connectivity index (χ2v) is 4.45. The number of ether oxygens (including phenoxy) is 1. The number of hydrogen-bond donors (Lipinski definition) is 1. The molecule has 6 heteroatoms. The molecular weight excluding hydrogens is 273 g/mol. The predicted molar refractivity (Wildman–Crippen MR) is 72.9 cm³/mol. The highest BCUT2D eigenvalue weighted by molar-refractivity contribution is 6.34. The molecule has 1 heterocycles. The van der Waals surface area contributed by atoms with Crippen molar-refractivity contribution in [2.24, 2.45) is 0 Å². The van der Waals surface area contributed by atoms with Crippen LogP contribution in [-0.2, 0) is 0 Å². The zero-order valence-electron chi connectivity index (χ0n) is 9.87. The summed E-state index contributed by atoms with van der Waals surface area (Å²) >= 11 is 11.9. The number of hydrogen-bond acceptors (Lipinski definition) is 4. The zero-order chi connectivity index (χ0) is 13.1. The molecule has 0 saturated heterocycles. The Morgan fingerprint density at radius 1 is 1.28 bits per heavy atom. The fourth-order valence-corrected chi connectivity index (χ4v) is 1.63. The Morgan fingerprint density at radius 3 is 2.78 bits per heavy atom. The average Bonchev–Trinajstić information content (AvgIpc) is 2.36. The Labute approximate surface area is 115 Å². The Hall–Kier alpha value is -1.52. The summed E-state index contributed by atoms with van der Waals surface area (Å²) in [6.07, 6.45) is 1.67. The van der Waals surface area contributed by atoms with Gasteiger partial charge in [-0.2, -0.15) is 4.98 Å². The summed E-state index contributed by atoms with van der Waals surface area (Å²) in [5.74, 6) is 1.39. The van der Waals surface area contributed by atoms with Crippen LogP contribution < -0.4 is 10.1 Å². The zero-order valence-corrected chi connectivity index (χ0v) is 11.4. The molecule has 4 nitrogen and oxygen atoms in total. The molecule has 1 aromatic carbocycles. The first-order valence-electron chi connectivity index (χ1n) is 5.24. The van der Waals surface area contributed by atoms with Gasteiger partial charge in [-0.05, 0) is 19.1 Å². The van der Waals surface area contributed by atoms with Crippen LogP contribution in [-0.4, -0.2) is 17.0 Å². The molecule has 0 saturated carbocycles. The molecule has 1 aromatic heterocycles. The molecule has 1 N–H and O–H groups in total. The smallest absolute Gasteiger partial charge is 0.227 e. The van der Waals surface area contributed by atoms with Crippen LogP contribution in [0.3, 0.4) is 0 Å². The van der Waals surface area contributed by atoms with E-state index >= 15 is 0 Å². The Kier molecular flexibility index (Phi) is 3.89. The normalized spacial score (nSPS) is 10.2. The number of rotatable bonds is 3. The third-order valence-electron chi connectivity index (χ3n) is 2.25. The van der Waals surface area contributed by atoms with Crippen LogP contribution in [0.4, 0.5) is 5.95 Å². The Balaban J connectivity index is 2.36. The third kappa shape index (κ3) is 2.83. The second-order valence-electron chi connectivity index (χ2n) is 3.61. The van der Waals surface area contributed by atoms with Gasteiger partial charge in [0.2, 0.25) is 11.8 Å². The molecule has 2 aromatic rings. The standard InChI is InChI=1S/C12H11Cl2N3O/c1-7-6-16-12(15-2)17-11(7)18-10-5-8(13)3-4-9(10)14/h3-6H,1-2H3,(H,15,16,17). The van der Waals surface area contributed by atoms with Crippen molar-refractivity contribution in [3.63, 3.8) is 0 Å². The van der Waals surface area contributed by atoms with E-state index in [4.69, 9.17) is 27.9 Å². The van der Waals surface area contributed by atoms with E-state index in [-0.39, 0.29) is 0 Å². The molecule has 0 unspecified atom stereocenters. The minimum absolute atomic E-state index is 0.443. The molecule has 0 radical (unpaired) electrons. The molecule has 0 aliphatic rings. The van der Waals surface area contributed by atoms with Crippen LogP contribution in [0.15, 0.2) is 24.4 Å². The number of aryl methyl sites for hydroxylation is 1. The van der Waals surface area contributed by atoms with Crippen LogP contribution >= 0.6 is 23.2 Å². The lowest BCUT2D eigenvalue weighted by molar-refractivity contribution is 0.458. The van der Waals surface area contributed by atoms with Crippen LogP contribution in [0, 0.1) is 6.92 Å². The number of nitrogens with zero attached hydrogens (tertiary/aromatic N) is 2. The van der Waals surface area contributed by atoms with Gasteiger partial charge in [-0.3, -0.25) is 0 Å². The van der Waals surface area contributed by atoms with E-state index in [2.05, 4.69) is 15.3 Å². The summed E-state index contributed by atoms with van der Waals surface area (Å²) in [4.78, 5) is 8.29. The molecular formula is C12H11Cl2N3O. The topological polar surface area (TPSA) is 47.0 Å². The van der Waals surface area contributed by atoms with Gasteiger partial charge in [0.05, 0.1) is 5.02 Å². The van der Waals surface area contributed by atoms with Gasteiger partial charge in [0, 0.05) is 29.9 Å². The van der Waals surface area contributed by atoms with Gasteiger partial charge in [0.15, 0.2) is 0 Å². The lowest BCUT2D eigenvalue weighted by Crippen LogP contribution is -1.99. The highest BCUT2D eigenvalue weighted by Crippen LogP contribution is 2.32. The van der Waals surface area contributed by atoms with Crippen molar-refractivity contribution in [1.29, 1.82) is 0 Å². The number of aromatic nitrogens is 2. The van der Waals surface area contributed by atoms with E-state index in [1.54, 1.807) is 31.4 Å². The molecule has 2 rings (SSSR count). The van der Waals surface area contributed by atoms with E-state index in [1.165, 1.54) is 0 Å². The molecule has 0 aliphatic carbocycles. The van der Waals surface area contributed by atoms with Gasteiger partial charge in [-0.1, -0.05) is 23.2 Å². The van der Waals surface area contributed by atoms with Gasteiger partial charge in [0.25, 0.3) is 0 Å². The van der Waals surface area contributed by atoms with Crippen molar-refractivity contribution in [2.75, 3.05) is 12.4 Å². The number of halogens is 2. The van der Waals surface area contributed by atoms with Crippen LogP contribution in [0.25, 0.3) is 0 Å². The molecule has 94 valence electrons. The van der Waals surface area contributed by atoms with Gasteiger partial charge >= 0.3 is 0 Å². The van der Waals surface area contributed by atoms with Gasteiger partial charge in [-0.25, -0.2) is 4.98 Å². The molecule has 0 amide bonds. The van der Waals surface area contributed by atoms with E-state index < -0.39 is 0 Å². The van der Waals surface area contributed by atoms with E-state index in [0.29, 0.717) is 27.6 Å². The lowest BCUT2D eigenvalue weighted by Gasteiger charge is -2.10. The largest absolute Gasteiger partial charge is 0.437 e. The number of anilines is 1. The fraction of sp³-hybridized carbons (Fsp3) is 0.167. The molecule has 0 fully saturated rings. The summed E-state index contributed by atoms with van der Waals surface area (Å²) in [5, 5.41) is 3.87. The van der Waals surface area contributed by atoms with Crippen molar-refractivity contribution in [1.82, 2.24) is 9.97 Å². The van der Waals surface area contributed by atoms with Crippen molar-refractivity contribution in [3.8, 4) is 11.6 Å². The fourth-order valence-electron chi connectivity index (χ4n) is 1.31. The average molecular weight is 284 g/mol. The maximum absolute atomic E-state index is 6.03. The maximum Gasteiger partial charge on any atom is 0.227 e. The van der Waals surface area contributed by atoms with E-state index in [0.717, 1.165) is 5.56 Å². The summed E-state index contributed by atoms with van der Waals surface area (Å²) < 4.78 is 5.66. The van der Waals surface area contributed by atoms with E-state index in [1.807, 2.05) is 6.92 Å². The van der Waals surface area contributed by atoms with Crippen molar-refractivity contribution >= 4 is 29.2 Å². The summed E-state index contributed by atoms with van der Waals surface area (Å²) in [6.45, 7) is 1.85. The molecule has 0 bridgehead atoms. The number of nitrogens with one attached hydrogen (secondary N) is 1. The maximum atomic E-state index is 6.03. The quantitative estimate of drug-likeness (QED) is 0.927. The van der Waals surface area contributed by atoms with Crippen molar-refractivity contribution in [3.05, 3.63) is 40.0 Å². The first-order chi connectivity index (χ1) is 8.60. The molecule has 0 atom stereocenters. The second kappa shape index (κ2) is 5.42. The predicted octanol–water partition coefficient (Wildman–Crippen LogP) is 3.93. The summed E-state index contributed by atoms with van der Waals surface area (Å²) in [7, 11) is 1.74. The van der Waals surface area contributed by atoms with E-state index in [9.17, 15) is 0 Å². The van der Waals surface area contributed by atoms with Crippen molar-refractivity contribution in [2.45, 2.75) is 6.92 Å². The van der Waals surface area contributed by atoms with Crippen LogP contribution in [0.1, 0.15) is 5.56 Å². The summed E-state index contributed by atoms with van der Waals surface area (Å²) in [6, 6.07) is 5.02. The number of benzene rings is 1. The Morgan fingerprint density at radius 2 is 2.06 bits per heavy atom. The highest BCUT2D eigenvalue weighted by Gasteiger charge is 2.09. The van der Waals surface area contributed by atoms with Gasteiger partial charge < -0.3 is 10.1 Å². The summed E-state index contributed by atoms with van der Waals surface area (Å²) in [5.41, 5.74) is 0.810.